The number of carbonyl (C=O) groups excluding carboxylic acids is 2. The highest BCUT2D eigenvalue weighted by molar-refractivity contribution is 7.18. The number of hydrogen-bond acceptors (Lipinski definition) is 4. The number of quaternary nitrogens is 1. The van der Waals surface area contributed by atoms with E-state index in [2.05, 4.69) is 28.6 Å². The predicted molar refractivity (Wildman–Crippen MR) is 96.1 cm³/mol. The molecule has 1 heterocycles. The topological polar surface area (TPSA) is 75.5 Å². The maximum absolute atomic E-state index is 12.2. The average molecular weight is 349 g/mol. The van der Waals surface area contributed by atoms with Crippen molar-refractivity contribution >= 4 is 33.4 Å². The van der Waals surface area contributed by atoms with Crippen LogP contribution in [0.5, 0.6) is 0 Å². The Morgan fingerprint density at radius 2 is 2.00 bits per heavy atom. The van der Waals surface area contributed by atoms with Gasteiger partial charge < -0.3 is 15.5 Å². The van der Waals surface area contributed by atoms with Gasteiger partial charge in [0.05, 0.1) is 17.3 Å². The van der Waals surface area contributed by atoms with E-state index in [-0.39, 0.29) is 17.9 Å². The third-order valence-corrected chi connectivity index (χ3v) is 5.20. The Balaban J connectivity index is 1.94. The molecule has 1 aromatic heterocycles. The number of thiazole rings is 1. The van der Waals surface area contributed by atoms with Crippen molar-refractivity contribution in [2.24, 2.45) is 0 Å². The quantitative estimate of drug-likeness (QED) is 0.682. The highest BCUT2D eigenvalue weighted by Crippen LogP contribution is 2.24. The van der Waals surface area contributed by atoms with Gasteiger partial charge in [0.15, 0.2) is 11.6 Å². The molecule has 0 aliphatic carbocycles. The lowest BCUT2D eigenvalue weighted by molar-refractivity contribution is -0.902. The molecule has 0 bridgehead atoms. The fourth-order valence-corrected chi connectivity index (χ4v) is 3.49. The summed E-state index contributed by atoms with van der Waals surface area (Å²) >= 11 is 1.66. The van der Waals surface area contributed by atoms with Crippen LogP contribution in [-0.4, -0.2) is 43.0 Å². The molecule has 3 atom stereocenters. The molecule has 0 radical (unpaired) electrons. The molecule has 0 spiro atoms. The summed E-state index contributed by atoms with van der Waals surface area (Å²) in [7, 11) is 1.97. The molecule has 130 valence electrons. The van der Waals surface area contributed by atoms with Crippen molar-refractivity contribution in [3.8, 4) is 0 Å². The van der Waals surface area contributed by atoms with E-state index in [1.807, 2.05) is 32.2 Å². The van der Waals surface area contributed by atoms with Crippen LogP contribution < -0.4 is 15.5 Å². The van der Waals surface area contributed by atoms with E-state index in [0.717, 1.165) is 20.1 Å². The number of para-hydroxylation sites is 1. The minimum Gasteiger partial charge on any atom is -0.355 e. The van der Waals surface area contributed by atoms with Gasteiger partial charge in [-0.1, -0.05) is 12.1 Å². The molecule has 2 rings (SSSR count). The first-order valence-corrected chi connectivity index (χ1v) is 8.98. The van der Waals surface area contributed by atoms with E-state index < -0.39 is 6.04 Å². The number of amides is 2. The lowest BCUT2D eigenvalue weighted by Gasteiger charge is -2.20. The summed E-state index contributed by atoms with van der Waals surface area (Å²) < 4.78 is 1.15. The van der Waals surface area contributed by atoms with E-state index in [0.29, 0.717) is 13.1 Å². The second-order valence-electron chi connectivity index (χ2n) is 5.95. The van der Waals surface area contributed by atoms with Gasteiger partial charge in [-0.15, -0.1) is 11.3 Å². The third-order valence-electron chi connectivity index (χ3n) is 3.98. The molecule has 0 saturated heterocycles. The minimum absolute atomic E-state index is 0.105. The Kier molecular flexibility index (Phi) is 6.28. The van der Waals surface area contributed by atoms with Crippen LogP contribution in [0.1, 0.15) is 31.8 Å². The Hall–Kier alpha value is -1.99. The fourth-order valence-electron chi connectivity index (χ4n) is 2.38. The first-order valence-electron chi connectivity index (χ1n) is 8.17. The van der Waals surface area contributed by atoms with Crippen molar-refractivity contribution < 1.29 is 14.5 Å². The summed E-state index contributed by atoms with van der Waals surface area (Å²) in [6.45, 7) is 6.45. The van der Waals surface area contributed by atoms with E-state index in [1.165, 1.54) is 0 Å². The Labute approximate surface area is 146 Å². The Bertz CT molecular complexity index is 682. The van der Waals surface area contributed by atoms with Crippen molar-refractivity contribution in [2.45, 2.75) is 32.9 Å². The standard InChI is InChI=1S/C17H24N4O2S/c1-5-18-16(23)11(2)19-15(22)10-21(4)12(3)17-20-13-8-6-7-9-14(13)24-17/h6-9,11-12H,5,10H2,1-4H3,(H,18,23)(H,19,22)/p+1/t11-,12+/m1/s1. The maximum Gasteiger partial charge on any atom is 0.275 e. The third kappa shape index (κ3) is 4.52. The maximum atomic E-state index is 12.2. The molecule has 0 aliphatic heterocycles. The molecule has 0 fully saturated rings. The Morgan fingerprint density at radius 1 is 1.29 bits per heavy atom. The van der Waals surface area contributed by atoms with Gasteiger partial charge in [0, 0.05) is 6.54 Å². The van der Waals surface area contributed by atoms with Crippen molar-refractivity contribution in [2.75, 3.05) is 20.1 Å². The van der Waals surface area contributed by atoms with Crippen LogP contribution in [0.4, 0.5) is 0 Å². The van der Waals surface area contributed by atoms with Crippen LogP contribution >= 0.6 is 11.3 Å². The number of fused-ring (bicyclic) bond motifs is 1. The molecule has 0 aliphatic rings. The number of hydrogen-bond donors (Lipinski definition) is 3. The number of benzene rings is 1. The zero-order valence-corrected chi connectivity index (χ0v) is 15.4. The summed E-state index contributed by atoms with van der Waals surface area (Å²) in [6, 6.07) is 7.61. The normalized spacial score (nSPS) is 14.8. The molecule has 2 amide bonds. The number of rotatable bonds is 7. The van der Waals surface area contributed by atoms with E-state index in [1.54, 1.807) is 18.3 Å². The molecule has 3 N–H and O–H groups in total. The summed E-state index contributed by atoms with van der Waals surface area (Å²) in [4.78, 5) is 29.5. The summed E-state index contributed by atoms with van der Waals surface area (Å²) in [5.41, 5.74) is 0.992. The van der Waals surface area contributed by atoms with Gasteiger partial charge in [0.1, 0.15) is 12.1 Å². The zero-order valence-electron chi connectivity index (χ0n) is 14.6. The molecule has 1 aromatic carbocycles. The first-order chi connectivity index (χ1) is 11.4. The molecule has 6 nitrogen and oxygen atoms in total. The van der Waals surface area contributed by atoms with Gasteiger partial charge in [-0.05, 0) is 32.9 Å². The van der Waals surface area contributed by atoms with Gasteiger partial charge in [-0.25, -0.2) is 4.98 Å². The molecule has 2 aromatic rings. The molecular formula is C17H25N4O2S+. The Morgan fingerprint density at radius 3 is 2.67 bits per heavy atom. The van der Waals surface area contributed by atoms with E-state index >= 15 is 0 Å². The number of likely N-dealkylation sites (N-methyl/N-ethyl adjacent to an activating group) is 2. The first kappa shape index (κ1) is 18.4. The van der Waals surface area contributed by atoms with Crippen LogP contribution in [0.15, 0.2) is 24.3 Å². The summed E-state index contributed by atoms with van der Waals surface area (Å²) in [6.07, 6.45) is 0. The zero-order chi connectivity index (χ0) is 17.7. The second kappa shape index (κ2) is 8.21. The molecular weight excluding hydrogens is 324 g/mol. The summed E-state index contributed by atoms with van der Waals surface area (Å²) in [5.74, 6) is -0.304. The lowest BCUT2D eigenvalue weighted by atomic mass is 10.2. The monoisotopic (exact) mass is 349 g/mol. The van der Waals surface area contributed by atoms with Crippen molar-refractivity contribution in [3.05, 3.63) is 29.3 Å². The molecule has 1 unspecified atom stereocenters. The SMILES string of the molecule is CCNC(=O)[C@@H](C)NC(=O)C[NH+](C)[C@@H](C)c1nc2ccccc2s1. The number of carbonyl (C=O) groups is 2. The van der Waals surface area contributed by atoms with Crippen LogP contribution in [0.3, 0.4) is 0 Å². The van der Waals surface area contributed by atoms with Gasteiger partial charge in [0.2, 0.25) is 5.91 Å². The van der Waals surface area contributed by atoms with Crippen LogP contribution in [0, 0.1) is 0 Å². The van der Waals surface area contributed by atoms with Gasteiger partial charge in [0.25, 0.3) is 5.91 Å². The van der Waals surface area contributed by atoms with Crippen molar-refractivity contribution in [1.82, 2.24) is 15.6 Å². The van der Waals surface area contributed by atoms with Crippen LogP contribution in [0.25, 0.3) is 10.2 Å². The lowest BCUT2D eigenvalue weighted by Crippen LogP contribution is -3.10. The second-order valence-corrected chi connectivity index (χ2v) is 7.01. The van der Waals surface area contributed by atoms with Crippen LogP contribution in [0.2, 0.25) is 0 Å². The van der Waals surface area contributed by atoms with Gasteiger partial charge >= 0.3 is 0 Å². The highest BCUT2D eigenvalue weighted by Gasteiger charge is 2.23. The predicted octanol–water partition coefficient (Wildman–Crippen LogP) is 0.513. The number of nitrogens with one attached hydrogen (secondary N) is 3. The molecule has 7 heteroatoms. The summed E-state index contributed by atoms with van der Waals surface area (Å²) in [5, 5.41) is 6.45. The smallest absolute Gasteiger partial charge is 0.275 e. The number of aromatic nitrogens is 1. The highest BCUT2D eigenvalue weighted by atomic mass is 32.1. The fraction of sp³-hybridized carbons (Fsp3) is 0.471. The molecule has 24 heavy (non-hydrogen) atoms. The van der Waals surface area contributed by atoms with Crippen LogP contribution in [-0.2, 0) is 9.59 Å². The van der Waals surface area contributed by atoms with E-state index in [4.69, 9.17) is 0 Å². The van der Waals surface area contributed by atoms with Gasteiger partial charge in [-0.2, -0.15) is 0 Å². The largest absolute Gasteiger partial charge is 0.355 e. The number of nitrogens with zero attached hydrogens (tertiary/aromatic N) is 1. The average Bonchev–Trinajstić information content (AvgIpc) is 2.97. The van der Waals surface area contributed by atoms with Crippen molar-refractivity contribution in [3.63, 3.8) is 0 Å². The van der Waals surface area contributed by atoms with Gasteiger partial charge in [-0.3, -0.25) is 9.59 Å². The van der Waals surface area contributed by atoms with Crippen molar-refractivity contribution in [1.29, 1.82) is 0 Å². The van der Waals surface area contributed by atoms with E-state index in [9.17, 15) is 9.59 Å². The minimum atomic E-state index is -0.525. The molecule has 0 saturated carbocycles.